The van der Waals surface area contributed by atoms with E-state index in [2.05, 4.69) is 29.2 Å². The lowest BCUT2D eigenvalue weighted by atomic mass is 9.77. The summed E-state index contributed by atoms with van der Waals surface area (Å²) in [7, 11) is 0. The molecular formula is C16H21NO2. The van der Waals surface area contributed by atoms with E-state index < -0.39 is 5.97 Å². The average molecular weight is 259 g/mol. The molecule has 0 saturated carbocycles. The normalized spacial score (nSPS) is 25.9. The van der Waals surface area contributed by atoms with Crippen molar-refractivity contribution in [3.63, 3.8) is 0 Å². The van der Waals surface area contributed by atoms with Gasteiger partial charge in [-0.3, -0.25) is 4.79 Å². The quantitative estimate of drug-likeness (QED) is 0.883. The Labute approximate surface area is 114 Å². The van der Waals surface area contributed by atoms with E-state index in [9.17, 15) is 4.79 Å². The zero-order chi connectivity index (χ0) is 13.2. The largest absolute Gasteiger partial charge is 0.481 e. The number of aliphatic carboxylic acids is 1. The first-order chi connectivity index (χ1) is 9.22. The minimum absolute atomic E-state index is 0.324. The molecule has 19 heavy (non-hydrogen) atoms. The van der Waals surface area contributed by atoms with Gasteiger partial charge >= 0.3 is 5.97 Å². The Balaban J connectivity index is 1.47. The van der Waals surface area contributed by atoms with E-state index in [4.69, 9.17) is 5.11 Å². The van der Waals surface area contributed by atoms with Crippen LogP contribution in [0.1, 0.15) is 36.3 Å². The van der Waals surface area contributed by atoms with Gasteiger partial charge in [-0.05, 0) is 42.9 Å². The maximum Gasteiger partial charge on any atom is 0.303 e. The fraction of sp³-hybridized carbons (Fsp3) is 0.562. The summed E-state index contributed by atoms with van der Waals surface area (Å²) in [5.74, 6) is 0.632. The van der Waals surface area contributed by atoms with Crippen molar-refractivity contribution in [2.24, 2.45) is 5.92 Å². The van der Waals surface area contributed by atoms with E-state index in [0.717, 1.165) is 26.1 Å². The molecule has 0 bridgehead atoms. The van der Waals surface area contributed by atoms with Gasteiger partial charge in [0, 0.05) is 25.4 Å². The highest BCUT2D eigenvalue weighted by Gasteiger charge is 2.30. The van der Waals surface area contributed by atoms with Crippen LogP contribution >= 0.6 is 0 Å². The summed E-state index contributed by atoms with van der Waals surface area (Å²) in [6, 6.07) is 8.73. The molecule has 2 aliphatic rings. The molecule has 3 rings (SSSR count). The van der Waals surface area contributed by atoms with E-state index in [0.29, 0.717) is 18.3 Å². The van der Waals surface area contributed by atoms with E-state index in [1.54, 1.807) is 0 Å². The number of hydrogen-bond acceptors (Lipinski definition) is 2. The summed E-state index contributed by atoms with van der Waals surface area (Å²) in [5.41, 5.74) is 3.03. The van der Waals surface area contributed by atoms with Gasteiger partial charge in [0.1, 0.15) is 0 Å². The van der Waals surface area contributed by atoms with Gasteiger partial charge in [-0.15, -0.1) is 0 Å². The molecule has 1 aliphatic heterocycles. The van der Waals surface area contributed by atoms with Crippen LogP contribution in [-0.4, -0.2) is 35.6 Å². The minimum atomic E-state index is -0.661. The lowest BCUT2D eigenvalue weighted by molar-refractivity contribution is -0.137. The smallest absolute Gasteiger partial charge is 0.303 e. The predicted molar refractivity (Wildman–Crippen MR) is 74.3 cm³/mol. The Bertz CT molecular complexity index is 472. The van der Waals surface area contributed by atoms with Crippen LogP contribution < -0.4 is 0 Å². The van der Waals surface area contributed by atoms with Crippen LogP contribution in [-0.2, 0) is 11.2 Å². The maximum atomic E-state index is 10.6. The summed E-state index contributed by atoms with van der Waals surface area (Å²) >= 11 is 0. The van der Waals surface area contributed by atoms with Gasteiger partial charge in [0.2, 0.25) is 0 Å². The monoisotopic (exact) mass is 259 g/mol. The van der Waals surface area contributed by atoms with Gasteiger partial charge in [-0.25, -0.2) is 0 Å². The summed E-state index contributed by atoms with van der Waals surface area (Å²) in [5, 5.41) is 8.73. The van der Waals surface area contributed by atoms with Crippen LogP contribution in [0.5, 0.6) is 0 Å². The standard InChI is InChI=1S/C16H21NO2/c18-16(19)6-5-12-7-8-17(10-12)11-14-9-13-3-1-2-4-15(13)14/h1-4,12,14H,5-11H2,(H,18,19). The molecule has 1 N–H and O–H groups in total. The second-order valence-corrected chi connectivity index (χ2v) is 5.95. The number of hydrogen-bond donors (Lipinski definition) is 1. The van der Waals surface area contributed by atoms with Gasteiger partial charge in [-0.2, -0.15) is 0 Å². The van der Waals surface area contributed by atoms with Gasteiger partial charge < -0.3 is 10.0 Å². The maximum absolute atomic E-state index is 10.6. The van der Waals surface area contributed by atoms with Crippen molar-refractivity contribution in [1.82, 2.24) is 4.90 Å². The van der Waals surface area contributed by atoms with Crippen molar-refractivity contribution in [2.45, 2.75) is 31.6 Å². The van der Waals surface area contributed by atoms with Crippen LogP contribution in [0.2, 0.25) is 0 Å². The number of nitrogens with zero attached hydrogens (tertiary/aromatic N) is 1. The molecular weight excluding hydrogens is 238 g/mol. The molecule has 0 aromatic heterocycles. The molecule has 1 heterocycles. The minimum Gasteiger partial charge on any atom is -0.481 e. The second kappa shape index (κ2) is 5.33. The predicted octanol–water partition coefficient (Wildman–Crippen LogP) is 2.51. The molecule has 102 valence electrons. The number of rotatable bonds is 5. The van der Waals surface area contributed by atoms with Crippen LogP contribution in [0.4, 0.5) is 0 Å². The topological polar surface area (TPSA) is 40.5 Å². The van der Waals surface area contributed by atoms with Gasteiger partial charge in [0.25, 0.3) is 0 Å². The Morgan fingerprint density at radius 2 is 2.21 bits per heavy atom. The van der Waals surface area contributed by atoms with Gasteiger partial charge in [0.05, 0.1) is 0 Å². The second-order valence-electron chi connectivity index (χ2n) is 5.95. The molecule has 3 nitrogen and oxygen atoms in total. The third kappa shape index (κ3) is 2.81. The van der Waals surface area contributed by atoms with Gasteiger partial charge in [-0.1, -0.05) is 24.3 Å². The molecule has 0 spiro atoms. The van der Waals surface area contributed by atoms with Crippen molar-refractivity contribution in [1.29, 1.82) is 0 Å². The lowest BCUT2D eigenvalue weighted by Gasteiger charge is -2.33. The van der Waals surface area contributed by atoms with E-state index in [1.807, 2.05) is 0 Å². The Morgan fingerprint density at radius 1 is 1.37 bits per heavy atom. The van der Waals surface area contributed by atoms with E-state index in [1.165, 1.54) is 24.0 Å². The van der Waals surface area contributed by atoms with Gasteiger partial charge in [0.15, 0.2) is 0 Å². The number of carbonyl (C=O) groups is 1. The molecule has 1 saturated heterocycles. The number of fused-ring (bicyclic) bond motifs is 1. The molecule has 1 aliphatic carbocycles. The zero-order valence-corrected chi connectivity index (χ0v) is 11.2. The Morgan fingerprint density at radius 3 is 3.00 bits per heavy atom. The molecule has 0 amide bonds. The third-order valence-electron chi connectivity index (χ3n) is 4.58. The molecule has 1 aromatic carbocycles. The molecule has 1 fully saturated rings. The zero-order valence-electron chi connectivity index (χ0n) is 11.2. The summed E-state index contributed by atoms with van der Waals surface area (Å²) in [4.78, 5) is 13.1. The van der Waals surface area contributed by atoms with Crippen molar-refractivity contribution in [3.8, 4) is 0 Å². The highest BCUT2D eigenvalue weighted by molar-refractivity contribution is 5.66. The first-order valence-electron chi connectivity index (χ1n) is 7.24. The average Bonchev–Trinajstić information content (AvgIpc) is 2.81. The van der Waals surface area contributed by atoms with E-state index >= 15 is 0 Å². The Kier molecular flexibility index (Phi) is 3.56. The number of carboxylic acids is 1. The molecule has 1 aromatic rings. The van der Waals surface area contributed by atoms with Crippen molar-refractivity contribution in [3.05, 3.63) is 35.4 Å². The molecule has 3 heteroatoms. The number of likely N-dealkylation sites (tertiary alicyclic amines) is 1. The molecule has 0 radical (unpaired) electrons. The molecule has 2 unspecified atom stereocenters. The lowest BCUT2D eigenvalue weighted by Crippen LogP contribution is -2.32. The summed E-state index contributed by atoms with van der Waals surface area (Å²) in [6.07, 6.45) is 3.55. The van der Waals surface area contributed by atoms with Crippen LogP contribution in [0.25, 0.3) is 0 Å². The fourth-order valence-electron chi connectivity index (χ4n) is 3.48. The molecule has 2 atom stereocenters. The summed E-state index contributed by atoms with van der Waals surface area (Å²) < 4.78 is 0. The highest BCUT2D eigenvalue weighted by atomic mass is 16.4. The number of benzene rings is 1. The van der Waals surface area contributed by atoms with Crippen LogP contribution in [0, 0.1) is 5.92 Å². The fourth-order valence-corrected chi connectivity index (χ4v) is 3.48. The first kappa shape index (κ1) is 12.7. The summed E-state index contributed by atoms with van der Waals surface area (Å²) in [6.45, 7) is 3.38. The third-order valence-corrected chi connectivity index (χ3v) is 4.58. The first-order valence-corrected chi connectivity index (χ1v) is 7.24. The Hall–Kier alpha value is -1.35. The SMILES string of the molecule is O=C(O)CCC1CCN(CC2Cc3ccccc32)C1. The van der Waals surface area contributed by atoms with Crippen LogP contribution in [0.3, 0.4) is 0 Å². The van der Waals surface area contributed by atoms with E-state index in [-0.39, 0.29) is 0 Å². The van der Waals surface area contributed by atoms with Crippen molar-refractivity contribution >= 4 is 5.97 Å². The highest BCUT2D eigenvalue weighted by Crippen LogP contribution is 2.36. The number of carboxylic acid groups (broad SMARTS) is 1. The van der Waals surface area contributed by atoms with Crippen LogP contribution in [0.15, 0.2) is 24.3 Å². The van der Waals surface area contributed by atoms with Crippen molar-refractivity contribution in [2.75, 3.05) is 19.6 Å². The van der Waals surface area contributed by atoms with Crippen molar-refractivity contribution < 1.29 is 9.90 Å².